The van der Waals surface area contributed by atoms with Gasteiger partial charge >= 0.3 is 0 Å². The third kappa shape index (κ3) is 3.33. The lowest BCUT2D eigenvalue weighted by atomic mass is 9.52. The van der Waals surface area contributed by atoms with E-state index >= 15 is 0 Å². The number of carbonyl (C=O) groups excluding carboxylic acids is 1. The number of fused-ring (bicyclic) bond motifs is 5. The number of hydrogen-bond acceptors (Lipinski definition) is 4. The Morgan fingerprint density at radius 2 is 1.72 bits per heavy atom. The van der Waals surface area contributed by atoms with E-state index < -0.39 is 12.0 Å². The molecule has 1 aromatic heterocycles. The van der Waals surface area contributed by atoms with Crippen molar-refractivity contribution in [3.05, 3.63) is 12.4 Å². The van der Waals surface area contributed by atoms with Crippen molar-refractivity contribution in [2.75, 3.05) is 0 Å². The van der Waals surface area contributed by atoms with Crippen LogP contribution in [-0.2, 0) is 11.3 Å². The molecule has 1 heterocycles. The molecular weight excluding hydrogens is 376 g/mol. The first kappa shape index (κ1) is 19.6. The van der Waals surface area contributed by atoms with Crippen LogP contribution in [-0.4, -0.2) is 37.9 Å². The number of halogens is 2. The fourth-order valence-electron chi connectivity index (χ4n) is 7.76. The molecule has 0 radical (unpaired) electrons. The maximum atomic E-state index is 13.3. The highest BCUT2D eigenvalue weighted by Gasteiger charge is 2.55. The summed E-state index contributed by atoms with van der Waals surface area (Å²) in [7, 11) is 0. The summed E-state index contributed by atoms with van der Waals surface area (Å²) in [6, 6.07) is 0. The topological polar surface area (TPSA) is 68.0 Å². The lowest BCUT2D eigenvalue weighted by molar-refractivity contribution is -0.156. The molecule has 0 amide bonds. The molecule has 1 N–H and O–H groups in total. The number of aliphatic hydroxyl groups is 1. The van der Waals surface area contributed by atoms with E-state index in [2.05, 4.69) is 10.3 Å². The number of ketones is 1. The quantitative estimate of drug-likeness (QED) is 0.826. The van der Waals surface area contributed by atoms with Crippen LogP contribution < -0.4 is 0 Å². The maximum absolute atomic E-state index is 13.3. The molecule has 0 aromatic carbocycles. The van der Waals surface area contributed by atoms with Gasteiger partial charge in [-0.1, -0.05) is 5.21 Å². The predicted octanol–water partition coefficient (Wildman–Crippen LogP) is 3.72. The lowest BCUT2D eigenvalue weighted by Gasteiger charge is -2.54. The van der Waals surface area contributed by atoms with Crippen LogP contribution in [0.4, 0.5) is 8.78 Å². The largest absolute Gasteiger partial charge is 0.384 e. The number of rotatable bonds is 4. The van der Waals surface area contributed by atoms with Gasteiger partial charge in [0.05, 0.1) is 6.20 Å². The van der Waals surface area contributed by atoms with Gasteiger partial charge in [-0.05, 0) is 93.3 Å². The molecule has 5 rings (SSSR count). The summed E-state index contributed by atoms with van der Waals surface area (Å²) in [6.45, 7) is 0.318. The molecule has 0 bridgehead atoms. The van der Waals surface area contributed by atoms with Crippen molar-refractivity contribution in [2.24, 2.45) is 41.4 Å². The lowest BCUT2D eigenvalue weighted by Crippen LogP contribution is -2.51. The zero-order valence-electron chi connectivity index (χ0n) is 16.8. The van der Waals surface area contributed by atoms with Gasteiger partial charge in [-0.2, -0.15) is 0 Å². The molecule has 4 saturated carbocycles. The third-order valence-electron chi connectivity index (χ3n) is 8.97. The average molecular weight is 408 g/mol. The normalized spacial score (nSPS) is 44.2. The van der Waals surface area contributed by atoms with Crippen molar-refractivity contribution in [3.8, 4) is 0 Å². The Morgan fingerprint density at radius 3 is 2.48 bits per heavy atom. The Kier molecular flexibility index (Phi) is 5.00. The highest BCUT2D eigenvalue weighted by atomic mass is 19.3. The first-order valence-corrected chi connectivity index (χ1v) is 11.3. The summed E-state index contributed by atoms with van der Waals surface area (Å²) in [4.78, 5) is 12.9. The van der Waals surface area contributed by atoms with E-state index in [9.17, 15) is 18.7 Å². The summed E-state index contributed by atoms with van der Waals surface area (Å²) in [6.07, 6.45) is 8.30. The molecule has 1 aromatic rings. The van der Waals surface area contributed by atoms with E-state index in [0.29, 0.717) is 36.1 Å². The van der Waals surface area contributed by atoms with Crippen LogP contribution in [0, 0.1) is 41.4 Å². The Labute approximate surface area is 170 Å². The van der Waals surface area contributed by atoms with E-state index in [1.54, 1.807) is 17.1 Å². The van der Waals surface area contributed by atoms with Crippen LogP contribution in [0.25, 0.3) is 0 Å². The van der Waals surface area contributed by atoms with E-state index in [1.807, 2.05) is 0 Å². The van der Waals surface area contributed by atoms with Crippen molar-refractivity contribution in [2.45, 2.75) is 76.4 Å². The van der Waals surface area contributed by atoms with Crippen LogP contribution in [0.1, 0.15) is 57.8 Å². The number of Topliss-reactive ketones (excluding diaryl/α,β-unsaturated/α-hetero) is 1. The van der Waals surface area contributed by atoms with Crippen molar-refractivity contribution in [1.29, 1.82) is 0 Å². The second kappa shape index (κ2) is 7.40. The SMILES string of the molecule is O=C(Cn1ccnn1)[C@H]1CC[C@@H]2C1CC[C@H]1[C@H]2CC[C@H]2C[C@@](O)(C(F)F)CC[C@@H]21. The summed E-state index contributed by atoms with van der Waals surface area (Å²) >= 11 is 0. The van der Waals surface area contributed by atoms with E-state index in [-0.39, 0.29) is 30.5 Å². The van der Waals surface area contributed by atoms with Gasteiger partial charge in [-0.25, -0.2) is 13.5 Å². The molecule has 0 spiro atoms. The van der Waals surface area contributed by atoms with Gasteiger partial charge in [0.15, 0.2) is 5.78 Å². The van der Waals surface area contributed by atoms with Crippen molar-refractivity contribution in [1.82, 2.24) is 15.0 Å². The minimum atomic E-state index is -2.64. The fraction of sp³-hybridized carbons (Fsp3) is 0.864. The molecule has 0 aliphatic heterocycles. The standard InChI is InChI=1S/C22H31F2N3O2/c23-21(24)22(29)8-7-14-13(11-22)1-2-16-15(14)3-4-18-17(16)5-6-19(18)20(28)12-27-10-9-25-26-27/h9-10,13-19,21,29H,1-8,11-12H2/t13-,14-,15+,16+,17-,18?,19-,22+/m0/s1. The highest BCUT2D eigenvalue weighted by molar-refractivity contribution is 5.81. The van der Waals surface area contributed by atoms with Crippen LogP contribution >= 0.6 is 0 Å². The second-order valence-corrected chi connectivity index (χ2v) is 10.1. The van der Waals surface area contributed by atoms with Crippen molar-refractivity contribution < 1.29 is 18.7 Å². The molecule has 29 heavy (non-hydrogen) atoms. The third-order valence-corrected chi connectivity index (χ3v) is 8.97. The monoisotopic (exact) mass is 407 g/mol. The Balaban J connectivity index is 1.26. The first-order valence-electron chi connectivity index (χ1n) is 11.3. The fourth-order valence-corrected chi connectivity index (χ4v) is 7.76. The number of nitrogens with zero attached hydrogens (tertiary/aromatic N) is 3. The molecule has 4 aliphatic rings. The Hall–Kier alpha value is -1.37. The molecule has 160 valence electrons. The number of hydrogen-bond donors (Lipinski definition) is 1. The second-order valence-electron chi connectivity index (χ2n) is 10.1. The molecule has 4 fully saturated rings. The van der Waals surface area contributed by atoms with E-state index in [0.717, 1.165) is 44.9 Å². The summed E-state index contributed by atoms with van der Waals surface area (Å²) in [5, 5.41) is 18.1. The van der Waals surface area contributed by atoms with Gasteiger partial charge in [-0.15, -0.1) is 5.10 Å². The number of alkyl halides is 2. The summed E-state index contributed by atoms with van der Waals surface area (Å²) < 4.78 is 28.3. The molecular formula is C22H31F2N3O2. The Morgan fingerprint density at radius 1 is 1.03 bits per heavy atom. The summed E-state index contributed by atoms with van der Waals surface area (Å²) in [5.41, 5.74) is -1.77. The van der Waals surface area contributed by atoms with Crippen LogP contribution in [0.3, 0.4) is 0 Å². The highest BCUT2D eigenvalue weighted by Crippen LogP contribution is 2.60. The van der Waals surface area contributed by atoms with Gasteiger partial charge in [0.2, 0.25) is 0 Å². The van der Waals surface area contributed by atoms with Crippen molar-refractivity contribution in [3.63, 3.8) is 0 Å². The average Bonchev–Trinajstić information content (AvgIpc) is 3.36. The molecule has 1 unspecified atom stereocenters. The number of aromatic nitrogens is 3. The molecule has 5 nitrogen and oxygen atoms in total. The smallest absolute Gasteiger partial charge is 0.266 e. The maximum Gasteiger partial charge on any atom is 0.266 e. The van der Waals surface area contributed by atoms with Gasteiger partial charge in [0.1, 0.15) is 12.1 Å². The minimum Gasteiger partial charge on any atom is -0.384 e. The van der Waals surface area contributed by atoms with Crippen LogP contribution in [0.5, 0.6) is 0 Å². The summed E-state index contributed by atoms with van der Waals surface area (Å²) in [5.74, 6) is 3.47. The van der Waals surface area contributed by atoms with E-state index in [1.165, 1.54) is 0 Å². The molecule has 4 aliphatic carbocycles. The van der Waals surface area contributed by atoms with Gasteiger partial charge in [0, 0.05) is 12.1 Å². The van der Waals surface area contributed by atoms with E-state index in [4.69, 9.17) is 0 Å². The Bertz CT molecular complexity index is 742. The molecule has 8 atom stereocenters. The van der Waals surface area contributed by atoms with Crippen LogP contribution in [0.15, 0.2) is 12.4 Å². The number of carbonyl (C=O) groups is 1. The first-order chi connectivity index (χ1) is 14.0. The predicted molar refractivity (Wildman–Crippen MR) is 102 cm³/mol. The van der Waals surface area contributed by atoms with Crippen molar-refractivity contribution >= 4 is 5.78 Å². The van der Waals surface area contributed by atoms with Gasteiger partial charge in [-0.3, -0.25) is 4.79 Å². The van der Waals surface area contributed by atoms with Gasteiger partial charge in [0.25, 0.3) is 6.43 Å². The minimum absolute atomic E-state index is 0.137. The zero-order valence-corrected chi connectivity index (χ0v) is 16.8. The molecule has 0 saturated heterocycles. The van der Waals surface area contributed by atoms with Gasteiger partial charge < -0.3 is 5.11 Å². The van der Waals surface area contributed by atoms with Crippen LogP contribution in [0.2, 0.25) is 0 Å². The molecule has 7 heteroatoms. The zero-order chi connectivity index (χ0) is 20.2.